The van der Waals surface area contributed by atoms with Gasteiger partial charge in [0.2, 0.25) is 0 Å². The Bertz CT molecular complexity index is 1950. The molecule has 6 heteroatoms. The maximum atomic E-state index is 12.9. The van der Waals surface area contributed by atoms with Crippen LogP contribution in [0.25, 0.3) is 0 Å². The number of carbonyl (C=O) groups is 3. The second-order valence-corrected chi connectivity index (χ2v) is 20.2. The lowest BCUT2D eigenvalue weighted by Gasteiger charge is -2.18. The van der Waals surface area contributed by atoms with Crippen LogP contribution in [0.2, 0.25) is 0 Å². The number of hydrogen-bond donors (Lipinski definition) is 0. The summed E-state index contributed by atoms with van der Waals surface area (Å²) in [4.78, 5) is 38.4. The molecule has 0 radical (unpaired) electrons. The number of hydrogen-bond acceptors (Lipinski definition) is 6. The summed E-state index contributed by atoms with van der Waals surface area (Å²) < 4.78 is 16.9. The Morgan fingerprint density at radius 2 is 0.444 bits per heavy atom. The van der Waals surface area contributed by atoms with Crippen LogP contribution < -0.4 is 0 Å². The van der Waals surface area contributed by atoms with E-state index in [1.807, 2.05) is 0 Å². The van der Waals surface area contributed by atoms with Crippen molar-refractivity contribution in [2.75, 3.05) is 13.2 Å². The molecule has 0 fully saturated rings. The molecule has 0 rings (SSSR count). The first-order valence-corrected chi connectivity index (χ1v) is 31.9. The van der Waals surface area contributed by atoms with Crippen LogP contribution in [0, 0.1) is 0 Å². The van der Waals surface area contributed by atoms with Crippen LogP contribution in [0.15, 0.2) is 194 Å². The van der Waals surface area contributed by atoms with E-state index >= 15 is 0 Å². The molecule has 81 heavy (non-hydrogen) atoms. The highest BCUT2D eigenvalue weighted by Crippen LogP contribution is 2.13. The average Bonchev–Trinajstić information content (AvgIpc) is 3.47. The molecule has 0 amide bonds. The lowest BCUT2D eigenvalue weighted by molar-refractivity contribution is -0.167. The summed E-state index contributed by atoms with van der Waals surface area (Å²) in [6.45, 7) is 6.22. The van der Waals surface area contributed by atoms with Crippen LogP contribution >= 0.6 is 0 Å². The molecule has 0 aliphatic rings. The third-order valence-electron chi connectivity index (χ3n) is 12.6. The molecule has 1 atom stereocenters. The Morgan fingerprint density at radius 1 is 0.247 bits per heavy atom. The Balaban J connectivity index is 4.58. The third kappa shape index (κ3) is 64.9. The van der Waals surface area contributed by atoms with Crippen molar-refractivity contribution in [3.05, 3.63) is 194 Å². The monoisotopic (exact) mass is 1110 g/mol. The van der Waals surface area contributed by atoms with Crippen molar-refractivity contribution in [1.82, 2.24) is 0 Å². The van der Waals surface area contributed by atoms with Crippen LogP contribution in [-0.2, 0) is 28.6 Å². The second-order valence-electron chi connectivity index (χ2n) is 20.2. The lowest BCUT2D eigenvalue weighted by atomic mass is 10.1. The standard InChI is InChI=1S/C75H114O6/c1-4-7-10-13-16-19-22-25-28-31-33-35-36-37-38-40-41-44-47-50-53-56-59-62-65-68-74(77)80-71-72(70-79-73(76)67-64-61-58-55-52-49-46-43-30-27-24-21-18-15-12-9-6-3)81-75(78)69-66-63-60-57-54-51-48-45-42-39-34-32-29-26-23-20-17-14-11-8-5-2/h7-12,16-21,25-30,33-35,37-39,41,44-46,48-50,53,72H,4-6,13-15,22-24,31-32,36,40,42-43,47,51-52,54-71H2,1-3H3/b10-7-,11-8-,12-9-,19-16-,20-17-,21-18-,28-25-,29-26-,30-27-,35-33-,38-37-,39-34-,44-41-,48-45-,49-46-,53-50-. The highest BCUT2D eigenvalue weighted by Gasteiger charge is 2.19. The largest absolute Gasteiger partial charge is 0.462 e. The maximum absolute atomic E-state index is 12.9. The van der Waals surface area contributed by atoms with Crippen LogP contribution in [0.5, 0.6) is 0 Å². The van der Waals surface area contributed by atoms with Crippen LogP contribution in [0.3, 0.4) is 0 Å². The number of esters is 3. The Hall–Kier alpha value is -5.75. The molecule has 0 aliphatic heterocycles. The molecule has 0 aromatic rings. The van der Waals surface area contributed by atoms with Gasteiger partial charge in [-0.2, -0.15) is 0 Å². The maximum Gasteiger partial charge on any atom is 0.306 e. The number of allylic oxidation sites excluding steroid dienone is 32. The van der Waals surface area contributed by atoms with E-state index in [1.54, 1.807) is 0 Å². The van der Waals surface area contributed by atoms with Gasteiger partial charge in [0.15, 0.2) is 6.10 Å². The molecule has 0 heterocycles. The van der Waals surface area contributed by atoms with Gasteiger partial charge in [-0.15, -0.1) is 0 Å². The molecule has 1 unspecified atom stereocenters. The zero-order valence-electron chi connectivity index (χ0n) is 51.5. The summed E-state index contributed by atoms with van der Waals surface area (Å²) in [6.07, 6.45) is 101. The predicted octanol–water partition coefficient (Wildman–Crippen LogP) is 22.2. The van der Waals surface area contributed by atoms with E-state index in [0.29, 0.717) is 12.8 Å². The third-order valence-corrected chi connectivity index (χ3v) is 12.6. The van der Waals surface area contributed by atoms with Gasteiger partial charge < -0.3 is 14.2 Å². The Labute approximate surface area is 497 Å². The normalized spacial score (nSPS) is 13.5. The molecule has 0 saturated heterocycles. The van der Waals surface area contributed by atoms with E-state index < -0.39 is 6.10 Å². The molecule has 0 saturated carbocycles. The second kappa shape index (κ2) is 66.8. The smallest absolute Gasteiger partial charge is 0.306 e. The van der Waals surface area contributed by atoms with Gasteiger partial charge in [0.1, 0.15) is 13.2 Å². The van der Waals surface area contributed by atoms with Crippen LogP contribution in [0.1, 0.15) is 239 Å². The fourth-order valence-corrected chi connectivity index (χ4v) is 7.91. The first-order valence-electron chi connectivity index (χ1n) is 31.9. The van der Waals surface area contributed by atoms with Crippen molar-refractivity contribution in [2.24, 2.45) is 0 Å². The van der Waals surface area contributed by atoms with Gasteiger partial charge in [-0.3, -0.25) is 14.4 Å². The van der Waals surface area contributed by atoms with Gasteiger partial charge in [-0.05, 0) is 161 Å². The topological polar surface area (TPSA) is 78.9 Å². The summed E-state index contributed by atoms with van der Waals surface area (Å²) in [5.74, 6) is -1.00. The minimum atomic E-state index is -0.828. The van der Waals surface area contributed by atoms with Crippen molar-refractivity contribution in [3.8, 4) is 0 Å². The van der Waals surface area contributed by atoms with Crippen molar-refractivity contribution in [3.63, 3.8) is 0 Å². The molecule has 0 aliphatic carbocycles. The zero-order chi connectivity index (χ0) is 58.5. The zero-order valence-corrected chi connectivity index (χ0v) is 51.5. The molecule has 0 aromatic carbocycles. The molecule has 0 spiro atoms. The Kier molecular flexibility index (Phi) is 62.0. The van der Waals surface area contributed by atoms with Gasteiger partial charge in [0, 0.05) is 19.3 Å². The minimum Gasteiger partial charge on any atom is -0.462 e. The fraction of sp³-hybridized carbons (Fsp3) is 0.533. The van der Waals surface area contributed by atoms with Gasteiger partial charge >= 0.3 is 17.9 Å². The van der Waals surface area contributed by atoms with E-state index in [2.05, 4.69) is 215 Å². The number of unbranched alkanes of at least 4 members (excludes halogenated alkanes) is 12. The van der Waals surface area contributed by atoms with Crippen molar-refractivity contribution >= 4 is 17.9 Å². The van der Waals surface area contributed by atoms with E-state index in [-0.39, 0.29) is 37.5 Å². The van der Waals surface area contributed by atoms with E-state index in [1.165, 1.54) is 0 Å². The number of rotatable bonds is 55. The van der Waals surface area contributed by atoms with Gasteiger partial charge in [0.05, 0.1) is 0 Å². The molecule has 0 bridgehead atoms. The Morgan fingerprint density at radius 3 is 0.704 bits per heavy atom. The van der Waals surface area contributed by atoms with Gasteiger partial charge in [-0.1, -0.05) is 254 Å². The number of ether oxygens (including phenoxy) is 3. The fourth-order valence-electron chi connectivity index (χ4n) is 7.91. The quantitative estimate of drug-likeness (QED) is 0.0261. The van der Waals surface area contributed by atoms with Crippen molar-refractivity contribution < 1.29 is 28.6 Å². The first-order chi connectivity index (χ1) is 40.0. The molecule has 450 valence electrons. The molecule has 0 N–H and O–H groups in total. The molecule has 0 aromatic heterocycles. The summed E-state index contributed by atoms with van der Waals surface area (Å²) in [5, 5.41) is 0. The van der Waals surface area contributed by atoms with Gasteiger partial charge in [0.25, 0.3) is 0 Å². The molecular weight excluding hydrogens is 997 g/mol. The predicted molar refractivity (Wildman–Crippen MR) is 352 cm³/mol. The van der Waals surface area contributed by atoms with Crippen molar-refractivity contribution in [2.45, 2.75) is 245 Å². The van der Waals surface area contributed by atoms with Crippen molar-refractivity contribution in [1.29, 1.82) is 0 Å². The summed E-state index contributed by atoms with van der Waals surface area (Å²) in [5.41, 5.74) is 0. The number of carbonyl (C=O) groups excluding carboxylic acids is 3. The van der Waals surface area contributed by atoms with Crippen LogP contribution in [-0.4, -0.2) is 37.2 Å². The van der Waals surface area contributed by atoms with Crippen LogP contribution in [0.4, 0.5) is 0 Å². The average molecular weight is 1110 g/mol. The highest BCUT2D eigenvalue weighted by molar-refractivity contribution is 5.71. The minimum absolute atomic E-state index is 0.121. The first kappa shape index (κ1) is 75.2. The van der Waals surface area contributed by atoms with E-state index in [4.69, 9.17) is 14.2 Å². The summed E-state index contributed by atoms with van der Waals surface area (Å²) in [7, 11) is 0. The molecule has 6 nitrogen and oxygen atoms in total. The van der Waals surface area contributed by atoms with Gasteiger partial charge in [-0.25, -0.2) is 0 Å². The highest BCUT2D eigenvalue weighted by atomic mass is 16.6. The molecular formula is C75H114O6. The summed E-state index contributed by atoms with van der Waals surface area (Å²) >= 11 is 0. The van der Waals surface area contributed by atoms with E-state index in [0.717, 1.165) is 199 Å². The summed E-state index contributed by atoms with van der Waals surface area (Å²) in [6, 6.07) is 0. The lowest BCUT2D eigenvalue weighted by Crippen LogP contribution is -2.30. The van der Waals surface area contributed by atoms with E-state index in [9.17, 15) is 14.4 Å². The SMILES string of the molecule is CC/C=C\C/C=C\C/C=C\C/C=C\C/C=C\C/C=C\C/C=C\CCCCCC(=O)OCC(COC(=O)CCCCCC/C=C\C/C=C\C/C=C\C/C=C\CC)OC(=O)CCCCCCC/C=C\C/C=C\C/C=C\C/C=C\C/C=C\CC.